The van der Waals surface area contributed by atoms with Crippen molar-refractivity contribution in [3.05, 3.63) is 52.9 Å². The van der Waals surface area contributed by atoms with Gasteiger partial charge in [-0.2, -0.15) is 0 Å². The van der Waals surface area contributed by atoms with Gasteiger partial charge in [-0.3, -0.25) is 4.99 Å². The van der Waals surface area contributed by atoms with E-state index in [0.717, 1.165) is 56.5 Å². The molecule has 1 aliphatic heterocycles. The van der Waals surface area contributed by atoms with Crippen molar-refractivity contribution in [1.29, 1.82) is 0 Å². The Morgan fingerprint density at radius 3 is 2.79 bits per heavy atom. The molecule has 1 unspecified atom stereocenters. The molecule has 28 heavy (non-hydrogen) atoms. The molecule has 6 nitrogen and oxygen atoms in total. The number of likely N-dealkylation sites (tertiary alicyclic amines) is 1. The molecule has 1 atom stereocenters. The van der Waals surface area contributed by atoms with Crippen molar-refractivity contribution < 1.29 is 9.26 Å². The monoisotopic (exact) mass is 498 g/mol. The van der Waals surface area contributed by atoms with Gasteiger partial charge in [0.2, 0.25) is 0 Å². The molecule has 1 fully saturated rings. The summed E-state index contributed by atoms with van der Waals surface area (Å²) in [4.78, 5) is 6.77. The lowest BCUT2D eigenvalue weighted by Crippen LogP contribution is -2.41. The van der Waals surface area contributed by atoms with E-state index < -0.39 is 0 Å². The highest BCUT2D eigenvalue weighted by Gasteiger charge is 2.25. The van der Waals surface area contributed by atoms with Gasteiger partial charge in [-0.05, 0) is 32.3 Å². The smallest absolute Gasteiger partial charge is 0.193 e. The minimum absolute atomic E-state index is 0. The first-order valence-electron chi connectivity index (χ1n) is 9.66. The highest BCUT2D eigenvalue weighted by atomic mass is 127. The summed E-state index contributed by atoms with van der Waals surface area (Å²) in [7, 11) is 1.84. The maximum Gasteiger partial charge on any atom is 0.193 e. The molecule has 1 saturated heterocycles. The summed E-state index contributed by atoms with van der Waals surface area (Å²) < 4.78 is 11.1. The van der Waals surface area contributed by atoms with E-state index in [1.54, 1.807) is 0 Å². The molecule has 1 aliphatic rings. The molecule has 0 radical (unpaired) electrons. The maximum absolute atomic E-state index is 5.92. The molecule has 0 saturated carbocycles. The second-order valence-electron chi connectivity index (χ2n) is 7.13. The van der Waals surface area contributed by atoms with Gasteiger partial charge in [0.25, 0.3) is 0 Å². The zero-order chi connectivity index (χ0) is 19.1. The Labute approximate surface area is 184 Å². The number of hydrogen-bond donors (Lipinski definition) is 1. The molecular weight excluding hydrogens is 467 g/mol. The van der Waals surface area contributed by atoms with Crippen LogP contribution in [-0.2, 0) is 17.8 Å². The number of aliphatic imine (C=N–C) groups is 1. The fraction of sp³-hybridized carbons (Fsp3) is 0.524. The van der Waals surface area contributed by atoms with Crippen LogP contribution in [-0.4, -0.2) is 49.3 Å². The number of benzene rings is 1. The molecule has 1 aromatic heterocycles. The topological polar surface area (TPSA) is 62.9 Å². The Hall–Kier alpha value is -1.61. The molecule has 3 rings (SSSR count). The van der Waals surface area contributed by atoms with E-state index in [4.69, 9.17) is 9.26 Å². The van der Waals surface area contributed by atoms with Crippen molar-refractivity contribution in [1.82, 2.24) is 15.4 Å². The summed E-state index contributed by atoms with van der Waals surface area (Å²) >= 11 is 0. The third-order valence-electron chi connectivity index (χ3n) is 5.10. The van der Waals surface area contributed by atoms with Crippen LogP contribution in [0, 0.1) is 19.8 Å². The second kappa shape index (κ2) is 11.4. The van der Waals surface area contributed by atoms with Gasteiger partial charge in [0, 0.05) is 38.2 Å². The summed E-state index contributed by atoms with van der Waals surface area (Å²) in [6.45, 7) is 8.25. The van der Waals surface area contributed by atoms with Crippen LogP contribution in [0.2, 0.25) is 0 Å². The van der Waals surface area contributed by atoms with Crippen molar-refractivity contribution in [2.75, 3.05) is 33.3 Å². The van der Waals surface area contributed by atoms with Crippen LogP contribution in [0.4, 0.5) is 0 Å². The van der Waals surface area contributed by atoms with Crippen molar-refractivity contribution in [3.8, 4) is 0 Å². The number of halogens is 1. The van der Waals surface area contributed by atoms with Crippen molar-refractivity contribution in [2.24, 2.45) is 10.9 Å². The van der Waals surface area contributed by atoms with Gasteiger partial charge < -0.3 is 19.5 Å². The first-order chi connectivity index (χ1) is 13.2. The third-order valence-corrected chi connectivity index (χ3v) is 5.10. The van der Waals surface area contributed by atoms with E-state index in [2.05, 4.69) is 32.5 Å². The van der Waals surface area contributed by atoms with E-state index >= 15 is 0 Å². The summed E-state index contributed by atoms with van der Waals surface area (Å²) in [5, 5.41) is 7.49. The van der Waals surface area contributed by atoms with Crippen molar-refractivity contribution in [2.45, 2.75) is 33.3 Å². The predicted molar refractivity (Wildman–Crippen MR) is 122 cm³/mol. The number of aromatic nitrogens is 1. The van der Waals surface area contributed by atoms with Crippen molar-refractivity contribution >= 4 is 29.9 Å². The summed E-state index contributed by atoms with van der Waals surface area (Å²) in [5.41, 5.74) is 3.39. The normalized spacial score (nSPS) is 16.9. The van der Waals surface area contributed by atoms with Crippen molar-refractivity contribution in [3.63, 3.8) is 0 Å². The molecule has 7 heteroatoms. The van der Waals surface area contributed by atoms with E-state index in [9.17, 15) is 0 Å². The summed E-state index contributed by atoms with van der Waals surface area (Å²) in [5.74, 6) is 2.42. The number of aryl methyl sites for hydroxylation is 2. The van der Waals surface area contributed by atoms with Gasteiger partial charge in [0.15, 0.2) is 5.96 Å². The van der Waals surface area contributed by atoms with Gasteiger partial charge >= 0.3 is 0 Å². The Morgan fingerprint density at radius 1 is 1.32 bits per heavy atom. The van der Waals surface area contributed by atoms with Crippen LogP contribution in [0.1, 0.15) is 29.0 Å². The fourth-order valence-corrected chi connectivity index (χ4v) is 3.57. The lowest BCUT2D eigenvalue weighted by atomic mass is 10.1. The SMILES string of the molecule is CN=C(NCCc1c(C)noc1C)N1CCC(COCc2ccccc2)C1.I. The van der Waals surface area contributed by atoms with Crippen LogP contribution >= 0.6 is 24.0 Å². The lowest BCUT2D eigenvalue weighted by Gasteiger charge is -2.21. The van der Waals surface area contributed by atoms with Crippen LogP contribution in [0.15, 0.2) is 39.8 Å². The highest BCUT2D eigenvalue weighted by Crippen LogP contribution is 2.17. The molecule has 2 aromatic rings. The Balaban J connectivity index is 0.00000280. The maximum atomic E-state index is 5.92. The number of rotatable bonds is 7. The van der Waals surface area contributed by atoms with Gasteiger partial charge in [-0.25, -0.2) is 0 Å². The molecule has 0 amide bonds. The zero-order valence-electron chi connectivity index (χ0n) is 17.0. The summed E-state index contributed by atoms with van der Waals surface area (Å²) in [6, 6.07) is 10.3. The first-order valence-corrected chi connectivity index (χ1v) is 9.66. The molecular formula is C21H31IN4O2. The van der Waals surface area contributed by atoms with Crippen LogP contribution in [0.5, 0.6) is 0 Å². The Kier molecular flexibility index (Phi) is 9.24. The van der Waals surface area contributed by atoms with E-state index in [1.807, 2.05) is 39.1 Å². The predicted octanol–water partition coefficient (Wildman–Crippen LogP) is 3.57. The first kappa shape index (κ1) is 22.7. The summed E-state index contributed by atoms with van der Waals surface area (Å²) in [6.07, 6.45) is 2.02. The number of guanidine groups is 1. The number of ether oxygens (including phenoxy) is 1. The molecule has 0 spiro atoms. The fourth-order valence-electron chi connectivity index (χ4n) is 3.57. The van der Waals surface area contributed by atoms with E-state index in [1.165, 1.54) is 11.1 Å². The minimum atomic E-state index is 0. The van der Waals surface area contributed by atoms with Crippen LogP contribution in [0.3, 0.4) is 0 Å². The zero-order valence-corrected chi connectivity index (χ0v) is 19.3. The van der Waals surface area contributed by atoms with E-state index in [0.29, 0.717) is 12.5 Å². The number of nitrogens with one attached hydrogen (secondary N) is 1. The molecule has 0 aliphatic carbocycles. The minimum Gasteiger partial charge on any atom is -0.376 e. The van der Waals surface area contributed by atoms with Gasteiger partial charge in [-0.1, -0.05) is 35.5 Å². The van der Waals surface area contributed by atoms with Crippen LogP contribution < -0.4 is 5.32 Å². The van der Waals surface area contributed by atoms with Gasteiger partial charge in [-0.15, -0.1) is 24.0 Å². The molecule has 2 heterocycles. The largest absolute Gasteiger partial charge is 0.376 e. The molecule has 1 aromatic carbocycles. The molecule has 0 bridgehead atoms. The third kappa shape index (κ3) is 6.20. The number of hydrogen-bond acceptors (Lipinski definition) is 4. The number of nitrogens with zero attached hydrogens (tertiary/aromatic N) is 3. The average molecular weight is 498 g/mol. The Morgan fingerprint density at radius 2 is 2.11 bits per heavy atom. The molecule has 154 valence electrons. The van der Waals surface area contributed by atoms with Gasteiger partial charge in [0.1, 0.15) is 5.76 Å². The highest BCUT2D eigenvalue weighted by molar-refractivity contribution is 14.0. The lowest BCUT2D eigenvalue weighted by molar-refractivity contribution is 0.0907. The van der Waals surface area contributed by atoms with E-state index in [-0.39, 0.29) is 24.0 Å². The standard InChI is InChI=1S/C21H30N4O2.HI/c1-16-20(17(2)27-24-16)9-11-23-21(22-3)25-12-10-19(13-25)15-26-14-18-7-5-4-6-8-18;/h4-8,19H,9-15H2,1-3H3,(H,22,23);1H. The molecule has 1 N–H and O–H groups in total. The quantitative estimate of drug-likeness (QED) is 0.360. The van der Waals surface area contributed by atoms with Crippen LogP contribution in [0.25, 0.3) is 0 Å². The Bertz CT molecular complexity index is 729. The second-order valence-corrected chi connectivity index (χ2v) is 7.13. The van der Waals surface area contributed by atoms with Gasteiger partial charge in [0.05, 0.1) is 18.9 Å². The average Bonchev–Trinajstić information content (AvgIpc) is 3.27.